The first-order chi connectivity index (χ1) is 17.1. The molecule has 1 aromatic heterocycles. The van der Waals surface area contributed by atoms with E-state index in [2.05, 4.69) is 9.97 Å². The van der Waals surface area contributed by atoms with E-state index in [0.717, 1.165) is 33.0 Å². The van der Waals surface area contributed by atoms with Crippen molar-refractivity contribution in [3.63, 3.8) is 0 Å². The van der Waals surface area contributed by atoms with Gasteiger partial charge in [-0.05, 0) is 34.2 Å². The van der Waals surface area contributed by atoms with E-state index >= 15 is 0 Å². The molecule has 0 atom stereocenters. The monoisotopic (exact) mass is 480 g/mol. The lowest BCUT2D eigenvalue weighted by Gasteiger charge is -2.09. The highest BCUT2D eigenvalue weighted by atomic mass is 35.5. The molecular formula is C29H21ClN2O3. The number of esters is 1. The van der Waals surface area contributed by atoms with E-state index in [9.17, 15) is 4.79 Å². The molecule has 1 heterocycles. The fourth-order valence-corrected chi connectivity index (χ4v) is 4.14. The van der Waals surface area contributed by atoms with Crippen LogP contribution in [0.25, 0.3) is 33.3 Å². The molecule has 0 bridgehead atoms. The molecule has 0 aliphatic rings. The summed E-state index contributed by atoms with van der Waals surface area (Å²) in [5, 5.41) is 2.14. The van der Waals surface area contributed by atoms with Gasteiger partial charge in [0.05, 0.1) is 30.1 Å². The van der Waals surface area contributed by atoms with Gasteiger partial charge in [-0.1, -0.05) is 84.4 Å². The maximum atomic E-state index is 11.9. The van der Waals surface area contributed by atoms with Crippen LogP contribution in [0.5, 0.6) is 5.75 Å². The predicted octanol–water partition coefficient (Wildman–Crippen LogP) is 6.98. The Kier molecular flexibility index (Phi) is 6.42. The zero-order chi connectivity index (χ0) is 24.2. The molecule has 0 amide bonds. The smallest absolute Gasteiger partial charge is 0.339 e. The van der Waals surface area contributed by atoms with Gasteiger partial charge in [0.15, 0.2) is 11.6 Å². The summed E-state index contributed by atoms with van der Waals surface area (Å²) in [5.41, 5.74) is 4.44. The Morgan fingerprint density at radius 3 is 2.23 bits per heavy atom. The molecule has 0 saturated heterocycles. The maximum absolute atomic E-state index is 11.9. The number of carbonyl (C=O) groups excluding carboxylic acids is 1. The van der Waals surface area contributed by atoms with Crippen LogP contribution in [-0.4, -0.2) is 23.0 Å². The highest BCUT2D eigenvalue weighted by molar-refractivity contribution is 6.38. The minimum Gasteiger partial charge on any atom is -0.486 e. The van der Waals surface area contributed by atoms with Gasteiger partial charge in [-0.2, -0.15) is 0 Å². The van der Waals surface area contributed by atoms with Gasteiger partial charge < -0.3 is 9.47 Å². The van der Waals surface area contributed by atoms with Crippen LogP contribution >= 0.6 is 11.6 Å². The topological polar surface area (TPSA) is 61.3 Å². The molecular weight excluding hydrogens is 460 g/mol. The summed E-state index contributed by atoms with van der Waals surface area (Å²) in [6, 6.07) is 27.5. The molecule has 6 heteroatoms. The van der Waals surface area contributed by atoms with Gasteiger partial charge in [0.1, 0.15) is 6.61 Å². The van der Waals surface area contributed by atoms with E-state index in [1.165, 1.54) is 7.11 Å². The van der Waals surface area contributed by atoms with Crippen LogP contribution in [0, 0.1) is 0 Å². The number of ether oxygens (including phenoxy) is 2. The maximum Gasteiger partial charge on any atom is 0.339 e. The SMILES string of the molecule is COC(=O)c1ccc2cc(-c3ccc(-c4ncc(OCc5ccccc5)cn4)cc3)ccc2c1Cl. The van der Waals surface area contributed by atoms with Gasteiger partial charge in [-0.25, -0.2) is 14.8 Å². The summed E-state index contributed by atoms with van der Waals surface area (Å²) >= 11 is 6.44. The van der Waals surface area contributed by atoms with Gasteiger partial charge in [0, 0.05) is 10.9 Å². The molecule has 4 aromatic carbocycles. The third kappa shape index (κ3) is 4.86. The van der Waals surface area contributed by atoms with Gasteiger partial charge in [-0.15, -0.1) is 0 Å². The number of nitrogens with zero attached hydrogens (tertiary/aromatic N) is 2. The number of carbonyl (C=O) groups is 1. The standard InChI is InChI=1S/C29H21ClN2O3/c1-34-29(33)26-14-12-23-15-22(11-13-25(23)27(26)30)20-7-9-21(10-8-20)28-31-16-24(17-32-28)35-18-19-5-3-2-4-6-19/h2-17H,18H2,1H3. The Labute approximate surface area is 208 Å². The summed E-state index contributed by atoms with van der Waals surface area (Å²) in [4.78, 5) is 20.8. The molecule has 5 nitrogen and oxygen atoms in total. The summed E-state index contributed by atoms with van der Waals surface area (Å²) in [5.74, 6) is 0.804. The molecule has 35 heavy (non-hydrogen) atoms. The third-order valence-electron chi connectivity index (χ3n) is 5.71. The predicted molar refractivity (Wildman–Crippen MR) is 138 cm³/mol. The van der Waals surface area contributed by atoms with Crippen LogP contribution in [0.2, 0.25) is 5.02 Å². The Balaban J connectivity index is 1.32. The minimum absolute atomic E-state index is 0.357. The lowest BCUT2D eigenvalue weighted by atomic mass is 9.99. The molecule has 0 saturated carbocycles. The Morgan fingerprint density at radius 1 is 0.829 bits per heavy atom. The fourth-order valence-electron chi connectivity index (χ4n) is 3.83. The third-order valence-corrected chi connectivity index (χ3v) is 6.12. The zero-order valence-corrected chi connectivity index (χ0v) is 19.7. The molecule has 0 fully saturated rings. The summed E-state index contributed by atoms with van der Waals surface area (Å²) in [6.45, 7) is 0.471. The van der Waals surface area contributed by atoms with Gasteiger partial charge in [-0.3, -0.25) is 0 Å². The van der Waals surface area contributed by atoms with E-state index in [1.54, 1.807) is 18.5 Å². The first-order valence-electron chi connectivity index (χ1n) is 11.0. The lowest BCUT2D eigenvalue weighted by molar-refractivity contribution is 0.0601. The Hall–Kier alpha value is -4.22. The first kappa shape index (κ1) is 22.6. The van der Waals surface area contributed by atoms with Gasteiger partial charge >= 0.3 is 5.97 Å². The van der Waals surface area contributed by atoms with Crippen LogP contribution in [-0.2, 0) is 11.3 Å². The van der Waals surface area contributed by atoms with Crippen molar-refractivity contribution in [3.05, 3.63) is 113 Å². The second-order valence-corrected chi connectivity index (χ2v) is 8.33. The lowest BCUT2D eigenvalue weighted by Crippen LogP contribution is -2.02. The van der Waals surface area contributed by atoms with Crippen LogP contribution in [0.4, 0.5) is 0 Å². The van der Waals surface area contributed by atoms with E-state index in [0.29, 0.717) is 28.8 Å². The van der Waals surface area contributed by atoms with E-state index < -0.39 is 5.97 Å². The highest BCUT2D eigenvalue weighted by Crippen LogP contribution is 2.32. The van der Waals surface area contributed by atoms with Crippen LogP contribution in [0.15, 0.2) is 97.3 Å². The molecule has 0 aliphatic carbocycles. The molecule has 0 spiro atoms. The number of benzene rings is 4. The average Bonchev–Trinajstić information content (AvgIpc) is 2.92. The quantitative estimate of drug-likeness (QED) is 0.245. The Bertz CT molecular complexity index is 1490. The van der Waals surface area contributed by atoms with E-state index in [-0.39, 0.29) is 0 Å². The number of rotatable bonds is 6. The van der Waals surface area contributed by atoms with Gasteiger partial charge in [0.25, 0.3) is 0 Å². The van der Waals surface area contributed by atoms with Crippen molar-refractivity contribution >= 4 is 28.3 Å². The van der Waals surface area contributed by atoms with Gasteiger partial charge in [0.2, 0.25) is 0 Å². The van der Waals surface area contributed by atoms with Crippen LogP contribution < -0.4 is 4.74 Å². The van der Waals surface area contributed by atoms with Crippen molar-refractivity contribution in [1.82, 2.24) is 9.97 Å². The molecule has 0 unspecified atom stereocenters. The molecule has 0 N–H and O–H groups in total. The number of hydrogen-bond donors (Lipinski definition) is 0. The molecule has 0 aliphatic heterocycles. The Morgan fingerprint density at radius 2 is 1.51 bits per heavy atom. The average molecular weight is 481 g/mol. The molecule has 172 valence electrons. The number of hydrogen-bond acceptors (Lipinski definition) is 5. The van der Waals surface area contributed by atoms with Crippen LogP contribution in [0.1, 0.15) is 15.9 Å². The number of halogens is 1. The van der Waals surface area contributed by atoms with Crippen molar-refractivity contribution in [2.24, 2.45) is 0 Å². The van der Waals surface area contributed by atoms with Crippen molar-refractivity contribution in [2.45, 2.75) is 6.61 Å². The second kappa shape index (κ2) is 9.95. The minimum atomic E-state index is -0.449. The van der Waals surface area contributed by atoms with E-state index in [1.807, 2.05) is 78.9 Å². The van der Waals surface area contributed by atoms with Crippen molar-refractivity contribution < 1.29 is 14.3 Å². The zero-order valence-electron chi connectivity index (χ0n) is 18.9. The second-order valence-electron chi connectivity index (χ2n) is 7.95. The molecule has 0 radical (unpaired) electrons. The summed E-state index contributed by atoms with van der Waals surface area (Å²) < 4.78 is 10.6. The summed E-state index contributed by atoms with van der Waals surface area (Å²) in [7, 11) is 1.34. The number of fused-ring (bicyclic) bond motifs is 1. The van der Waals surface area contributed by atoms with Crippen molar-refractivity contribution in [2.75, 3.05) is 7.11 Å². The van der Waals surface area contributed by atoms with Crippen molar-refractivity contribution in [3.8, 4) is 28.3 Å². The van der Waals surface area contributed by atoms with E-state index in [4.69, 9.17) is 21.1 Å². The molecule has 5 aromatic rings. The highest BCUT2D eigenvalue weighted by Gasteiger charge is 2.14. The summed E-state index contributed by atoms with van der Waals surface area (Å²) in [6.07, 6.45) is 3.38. The van der Waals surface area contributed by atoms with Crippen LogP contribution in [0.3, 0.4) is 0 Å². The molecule has 5 rings (SSSR count). The normalized spacial score (nSPS) is 10.8. The largest absolute Gasteiger partial charge is 0.486 e. The first-order valence-corrected chi connectivity index (χ1v) is 11.4. The number of methoxy groups -OCH3 is 1. The number of aromatic nitrogens is 2. The fraction of sp³-hybridized carbons (Fsp3) is 0.0690. The van der Waals surface area contributed by atoms with Crippen molar-refractivity contribution in [1.29, 1.82) is 0 Å².